The second-order valence-corrected chi connectivity index (χ2v) is 1.85. The fourth-order valence-electron chi connectivity index (χ4n) is 0.222. The summed E-state index contributed by atoms with van der Waals surface area (Å²) in [7, 11) is 1.53. The maximum atomic E-state index is 10.4. The van der Waals surface area contributed by atoms with Gasteiger partial charge in [-0.1, -0.05) is 0 Å². The topological polar surface area (TPSA) is 50.4 Å². The molecule has 54 valence electrons. The number of carbonyl (C=O) groups excluding carboxylic acids is 1. The molecule has 0 rings (SSSR count). The zero-order valence-corrected chi connectivity index (χ0v) is 5.89. The van der Waals surface area contributed by atoms with Gasteiger partial charge in [0.25, 0.3) is 0 Å². The molecule has 0 aromatic rings. The van der Waals surface area contributed by atoms with Gasteiger partial charge in [-0.05, 0) is 13.8 Å². The van der Waals surface area contributed by atoms with Gasteiger partial charge in [0, 0.05) is 7.05 Å². The van der Waals surface area contributed by atoms with Crippen molar-refractivity contribution < 1.29 is 9.63 Å². The van der Waals surface area contributed by atoms with Crippen LogP contribution in [0.2, 0.25) is 0 Å². The van der Waals surface area contributed by atoms with E-state index in [1.54, 1.807) is 0 Å². The van der Waals surface area contributed by atoms with Gasteiger partial charge in [0.05, 0.1) is 6.10 Å². The van der Waals surface area contributed by atoms with Crippen molar-refractivity contribution in [2.45, 2.75) is 20.0 Å². The molecule has 0 saturated heterocycles. The molecule has 0 aromatic heterocycles. The zero-order valence-electron chi connectivity index (χ0n) is 5.89. The summed E-state index contributed by atoms with van der Waals surface area (Å²) in [5, 5.41) is 2.35. The number of urea groups is 1. The Morgan fingerprint density at radius 1 is 1.56 bits per heavy atom. The van der Waals surface area contributed by atoms with Crippen LogP contribution >= 0.6 is 0 Å². The van der Waals surface area contributed by atoms with Gasteiger partial charge in [0.15, 0.2) is 0 Å². The number of carbonyl (C=O) groups is 1. The molecule has 0 fully saturated rings. The average molecular weight is 132 g/mol. The summed E-state index contributed by atoms with van der Waals surface area (Å²) < 4.78 is 0. The summed E-state index contributed by atoms with van der Waals surface area (Å²) in [4.78, 5) is 15.1. The Bertz CT molecular complexity index is 93.0. The summed E-state index contributed by atoms with van der Waals surface area (Å²) in [5.74, 6) is 0. The van der Waals surface area contributed by atoms with E-state index in [-0.39, 0.29) is 12.1 Å². The predicted molar refractivity (Wildman–Crippen MR) is 33.8 cm³/mol. The molecule has 0 aromatic carbocycles. The molecular weight excluding hydrogens is 120 g/mol. The van der Waals surface area contributed by atoms with Crippen molar-refractivity contribution >= 4 is 6.03 Å². The molecule has 2 amide bonds. The minimum absolute atomic E-state index is 0.0160. The maximum Gasteiger partial charge on any atom is 0.338 e. The summed E-state index contributed by atoms with van der Waals surface area (Å²) in [5.41, 5.74) is 2.18. The van der Waals surface area contributed by atoms with Crippen molar-refractivity contribution in [3.05, 3.63) is 0 Å². The summed E-state index contributed by atoms with van der Waals surface area (Å²) in [6.07, 6.45) is 0.0160. The molecule has 4 nitrogen and oxygen atoms in total. The molecule has 0 aliphatic rings. The fraction of sp³-hybridized carbons (Fsp3) is 0.800. The van der Waals surface area contributed by atoms with Crippen LogP contribution in [0.15, 0.2) is 0 Å². The quantitative estimate of drug-likeness (QED) is 0.529. The summed E-state index contributed by atoms with van der Waals surface area (Å²) in [6.45, 7) is 3.66. The van der Waals surface area contributed by atoms with Crippen LogP contribution in [0.1, 0.15) is 13.8 Å². The number of hydroxylamine groups is 1. The number of rotatable bonds is 2. The first-order valence-electron chi connectivity index (χ1n) is 2.80. The molecule has 2 N–H and O–H groups in total. The van der Waals surface area contributed by atoms with Crippen LogP contribution in [0, 0.1) is 0 Å². The Balaban J connectivity index is 3.17. The first-order chi connectivity index (χ1) is 4.16. The second-order valence-electron chi connectivity index (χ2n) is 1.85. The van der Waals surface area contributed by atoms with Gasteiger partial charge in [0.1, 0.15) is 0 Å². The predicted octanol–water partition coefficient (Wildman–Crippen LogP) is 0.255. The molecule has 4 heteroatoms. The van der Waals surface area contributed by atoms with Crippen molar-refractivity contribution in [2.75, 3.05) is 7.05 Å². The molecule has 0 radical (unpaired) electrons. The van der Waals surface area contributed by atoms with Gasteiger partial charge >= 0.3 is 6.03 Å². The monoisotopic (exact) mass is 132 g/mol. The first kappa shape index (κ1) is 8.23. The van der Waals surface area contributed by atoms with Crippen LogP contribution in [-0.2, 0) is 4.84 Å². The molecule has 0 unspecified atom stereocenters. The van der Waals surface area contributed by atoms with Crippen molar-refractivity contribution in [3.8, 4) is 0 Å². The van der Waals surface area contributed by atoms with Crippen LogP contribution in [0.5, 0.6) is 0 Å². The van der Waals surface area contributed by atoms with E-state index in [0.29, 0.717) is 0 Å². The van der Waals surface area contributed by atoms with Crippen LogP contribution in [0.25, 0.3) is 0 Å². The van der Waals surface area contributed by atoms with E-state index in [1.165, 1.54) is 7.05 Å². The van der Waals surface area contributed by atoms with Crippen LogP contribution < -0.4 is 10.8 Å². The third kappa shape index (κ3) is 5.10. The molecule has 9 heavy (non-hydrogen) atoms. The van der Waals surface area contributed by atoms with E-state index in [0.717, 1.165) is 0 Å². The Kier molecular flexibility index (Phi) is 3.79. The molecule has 0 atom stereocenters. The highest BCUT2D eigenvalue weighted by atomic mass is 16.7. The molecule has 0 aliphatic carbocycles. The van der Waals surface area contributed by atoms with Gasteiger partial charge in [-0.25, -0.2) is 10.3 Å². The summed E-state index contributed by atoms with van der Waals surface area (Å²) in [6, 6.07) is -0.330. The zero-order chi connectivity index (χ0) is 7.28. The second kappa shape index (κ2) is 4.14. The lowest BCUT2D eigenvalue weighted by atomic mass is 10.5. The van der Waals surface area contributed by atoms with E-state index in [4.69, 9.17) is 4.84 Å². The minimum atomic E-state index is -0.330. The van der Waals surface area contributed by atoms with E-state index in [9.17, 15) is 4.79 Å². The number of hydrogen-bond donors (Lipinski definition) is 2. The van der Waals surface area contributed by atoms with E-state index >= 15 is 0 Å². The third-order valence-corrected chi connectivity index (χ3v) is 0.614. The minimum Gasteiger partial charge on any atom is -0.339 e. The highest BCUT2D eigenvalue weighted by Gasteiger charge is 1.95. The van der Waals surface area contributed by atoms with Gasteiger partial charge in [0.2, 0.25) is 0 Å². The van der Waals surface area contributed by atoms with E-state index in [2.05, 4.69) is 10.8 Å². The maximum absolute atomic E-state index is 10.4. The first-order valence-corrected chi connectivity index (χ1v) is 2.80. The molecule has 0 spiro atoms. The van der Waals surface area contributed by atoms with Crippen molar-refractivity contribution in [1.82, 2.24) is 10.8 Å². The van der Waals surface area contributed by atoms with Crippen LogP contribution in [0.3, 0.4) is 0 Å². The fourth-order valence-corrected chi connectivity index (χ4v) is 0.222. The molecule has 0 aliphatic heterocycles. The van der Waals surface area contributed by atoms with Gasteiger partial charge in [-0.2, -0.15) is 0 Å². The van der Waals surface area contributed by atoms with Gasteiger partial charge in [-0.3, -0.25) is 4.84 Å². The molecule has 0 heterocycles. The summed E-state index contributed by atoms with van der Waals surface area (Å²) >= 11 is 0. The standard InChI is InChI=1S/C5H12N2O2/c1-4(2)9-7-5(8)6-3/h4H,1-3H3,(H2,6,7,8). The molecule has 0 saturated carbocycles. The van der Waals surface area contributed by atoms with E-state index in [1.807, 2.05) is 13.8 Å². The normalized spacial score (nSPS) is 9.33. The number of amides is 2. The lowest BCUT2D eigenvalue weighted by Gasteiger charge is -2.06. The lowest BCUT2D eigenvalue weighted by Crippen LogP contribution is -2.34. The Morgan fingerprint density at radius 2 is 2.11 bits per heavy atom. The van der Waals surface area contributed by atoms with Crippen LogP contribution in [-0.4, -0.2) is 19.2 Å². The van der Waals surface area contributed by atoms with Crippen molar-refractivity contribution in [3.63, 3.8) is 0 Å². The van der Waals surface area contributed by atoms with E-state index < -0.39 is 0 Å². The largest absolute Gasteiger partial charge is 0.339 e. The molecule has 0 bridgehead atoms. The highest BCUT2D eigenvalue weighted by Crippen LogP contribution is 1.80. The average Bonchev–Trinajstić information content (AvgIpc) is 1.83. The van der Waals surface area contributed by atoms with Crippen molar-refractivity contribution in [1.29, 1.82) is 0 Å². The van der Waals surface area contributed by atoms with Gasteiger partial charge in [-0.15, -0.1) is 0 Å². The molecular formula is C5H12N2O2. The third-order valence-electron chi connectivity index (χ3n) is 0.614. The number of nitrogens with one attached hydrogen (secondary N) is 2. The van der Waals surface area contributed by atoms with Crippen LogP contribution in [0.4, 0.5) is 4.79 Å². The highest BCUT2D eigenvalue weighted by molar-refractivity contribution is 5.72. The Morgan fingerprint density at radius 3 is 2.44 bits per heavy atom. The SMILES string of the molecule is CNC(=O)NOC(C)C. The number of hydrogen-bond acceptors (Lipinski definition) is 2. The lowest BCUT2D eigenvalue weighted by molar-refractivity contribution is 0.0168. The Labute approximate surface area is 54.5 Å². The van der Waals surface area contributed by atoms with Gasteiger partial charge < -0.3 is 5.32 Å². The van der Waals surface area contributed by atoms with Crippen molar-refractivity contribution in [2.24, 2.45) is 0 Å². The smallest absolute Gasteiger partial charge is 0.338 e. The Hall–Kier alpha value is -0.770.